The van der Waals surface area contributed by atoms with Gasteiger partial charge in [-0.1, -0.05) is 42.3 Å². The summed E-state index contributed by atoms with van der Waals surface area (Å²) in [5, 5.41) is 11.8. The fourth-order valence-electron chi connectivity index (χ4n) is 5.33. The Bertz CT molecular complexity index is 1530. The summed E-state index contributed by atoms with van der Waals surface area (Å²) >= 11 is 13.8. The Kier molecular flexibility index (Phi) is 13.8. The number of carbonyl (C=O) groups is 1. The minimum atomic E-state index is -0.369. The zero-order valence-electron chi connectivity index (χ0n) is 27.2. The van der Waals surface area contributed by atoms with E-state index in [0.717, 1.165) is 21.6 Å². The summed E-state index contributed by atoms with van der Waals surface area (Å²) in [6.07, 6.45) is 4.91. The van der Waals surface area contributed by atoms with Gasteiger partial charge >= 0.3 is 0 Å². The molecule has 2 unspecified atom stereocenters. The Balaban J connectivity index is 1.56. The molecule has 1 fully saturated rings. The molecule has 0 radical (unpaired) electrons. The van der Waals surface area contributed by atoms with Gasteiger partial charge in [-0.15, -0.1) is 11.8 Å². The highest BCUT2D eigenvalue weighted by Gasteiger charge is 2.31. The molecular formula is C35H41Cl2NO8S. The first-order valence-corrected chi connectivity index (χ1v) is 17.0. The van der Waals surface area contributed by atoms with E-state index in [2.05, 4.69) is 6.07 Å². The number of hydroxylamine groups is 2. The molecule has 47 heavy (non-hydrogen) atoms. The second kappa shape index (κ2) is 17.8. The van der Waals surface area contributed by atoms with Crippen molar-refractivity contribution in [3.8, 4) is 28.7 Å². The predicted octanol–water partition coefficient (Wildman–Crippen LogP) is 8.52. The Labute approximate surface area is 290 Å². The minimum Gasteiger partial charge on any atom is -0.493 e. The van der Waals surface area contributed by atoms with E-state index in [9.17, 15) is 10.0 Å². The van der Waals surface area contributed by atoms with Gasteiger partial charge in [0.25, 0.3) is 0 Å². The first-order chi connectivity index (χ1) is 22.7. The number of carbonyl (C=O) groups excluding carboxylic acids is 1. The molecule has 1 heterocycles. The molecule has 1 amide bonds. The van der Waals surface area contributed by atoms with Gasteiger partial charge in [0, 0.05) is 34.8 Å². The van der Waals surface area contributed by atoms with Crippen LogP contribution in [0.4, 0.5) is 0 Å². The first kappa shape index (κ1) is 36.6. The van der Waals surface area contributed by atoms with Crippen LogP contribution in [0, 0.1) is 0 Å². The van der Waals surface area contributed by atoms with Crippen molar-refractivity contribution in [3.05, 3.63) is 81.5 Å². The number of ether oxygens (including phenoxy) is 6. The van der Waals surface area contributed by atoms with Crippen LogP contribution < -0.4 is 23.7 Å². The van der Waals surface area contributed by atoms with Gasteiger partial charge in [0.05, 0.1) is 57.8 Å². The molecule has 254 valence electrons. The highest BCUT2D eigenvalue weighted by Crippen LogP contribution is 2.46. The number of allylic oxidation sites excluding steroid dienone is 1. The van der Waals surface area contributed by atoms with E-state index in [1.54, 1.807) is 52.3 Å². The van der Waals surface area contributed by atoms with E-state index in [1.165, 1.54) is 6.20 Å². The molecule has 1 saturated heterocycles. The van der Waals surface area contributed by atoms with Crippen molar-refractivity contribution in [3.63, 3.8) is 0 Å². The number of amides is 1. The molecule has 3 aromatic carbocycles. The van der Waals surface area contributed by atoms with Crippen LogP contribution in [-0.2, 0) is 16.0 Å². The molecule has 0 spiro atoms. The average Bonchev–Trinajstić information content (AvgIpc) is 3.58. The first-order valence-electron chi connectivity index (χ1n) is 15.2. The summed E-state index contributed by atoms with van der Waals surface area (Å²) < 4.78 is 35.0. The third-order valence-corrected chi connectivity index (χ3v) is 9.39. The van der Waals surface area contributed by atoms with Gasteiger partial charge in [0.2, 0.25) is 11.7 Å². The zero-order chi connectivity index (χ0) is 33.9. The van der Waals surface area contributed by atoms with Crippen molar-refractivity contribution < 1.29 is 38.4 Å². The lowest BCUT2D eigenvalue weighted by Gasteiger charge is -2.19. The van der Waals surface area contributed by atoms with Crippen molar-refractivity contribution >= 4 is 40.9 Å². The number of benzene rings is 3. The fourth-order valence-corrected chi connectivity index (χ4v) is 6.46. The normalized spacial score (nSPS) is 15.9. The van der Waals surface area contributed by atoms with Crippen LogP contribution in [-0.4, -0.2) is 63.6 Å². The second-order valence-corrected chi connectivity index (χ2v) is 12.8. The van der Waals surface area contributed by atoms with Crippen LogP contribution in [0.15, 0.2) is 59.6 Å². The predicted molar refractivity (Wildman–Crippen MR) is 184 cm³/mol. The number of hydrogen-bond acceptors (Lipinski definition) is 9. The Hall–Kier alpha value is -3.28. The summed E-state index contributed by atoms with van der Waals surface area (Å²) in [5.41, 5.74) is 2.81. The topological polar surface area (TPSA) is 95.9 Å². The molecule has 4 rings (SSSR count). The molecule has 1 aliphatic rings. The summed E-state index contributed by atoms with van der Waals surface area (Å²) in [5.74, 6) is 3.20. The third kappa shape index (κ3) is 9.42. The number of hydrogen-bond donors (Lipinski definition) is 1. The van der Waals surface area contributed by atoms with E-state index in [1.807, 2.05) is 37.3 Å². The zero-order valence-corrected chi connectivity index (χ0v) is 29.5. The molecule has 3 aromatic rings. The smallest absolute Gasteiger partial charge is 0.250 e. The molecular weight excluding hydrogens is 665 g/mol. The second-order valence-electron chi connectivity index (χ2n) is 10.8. The summed E-state index contributed by atoms with van der Waals surface area (Å²) in [6.45, 7) is 2.78. The molecule has 0 saturated carbocycles. The van der Waals surface area contributed by atoms with Crippen LogP contribution in [0.3, 0.4) is 0 Å². The molecule has 9 nitrogen and oxygen atoms in total. The highest BCUT2D eigenvalue weighted by molar-refractivity contribution is 7.99. The van der Waals surface area contributed by atoms with E-state index in [-0.39, 0.29) is 24.3 Å². The van der Waals surface area contributed by atoms with Crippen molar-refractivity contribution in [2.45, 2.75) is 49.5 Å². The van der Waals surface area contributed by atoms with Crippen LogP contribution in [0.25, 0.3) is 0 Å². The van der Waals surface area contributed by atoms with Gasteiger partial charge in [0.1, 0.15) is 0 Å². The molecule has 1 N–H and O–H groups in total. The summed E-state index contributed by atoms with van der Waals surface area (Å²) in [6, 6.07) is 13.4. The SMILES string of the molecule is CCCC(=O)N(O)/C=C/Cc1cc(C2COC(c3cc(OC)c(OC)c(OC)c3)C2)cc(OC)c1OCCSc1ccc(Cl)c(Cl)c1. The van der Waals surface area contributed by atoms with Gasteiger partial charge in [-0.25, -0.2) is 0 Å². The van der Waals surface area contributed by atoms with Crippen LogP contribution >= 0.6 is 35.0 Å². The molecule has 12 heteroatoms. The van der Waals surface area contributed by atoms with E-state index in [4.69, 9.17) is 51.6 Å². The Morgan fingerprint density at radius 3 is 2.28 bits per heavy atom. The van der Waals surface area contributed by atoms with Gasteiger partial charge in [-0.3, -0.25) is 10.0 Å². The maximum Gasteiger partial charge on any atom is 0.250 e. The number of halogens is 2. The molecule has 2 atom stereocenters. The number of rotatable bonds is 16. The highest BCUT2D eigenvalue weighted by atomic mass is 35.5. The lowest BCUT2D eigenvalue weighted by molar-refractivity contribution is -0.154. The molecule has 1 aliphatic heterocycles. The summed E-state index contributed by atoms with van der Waals surface area (Å²) in [7, 11) is 6.37. The molecule has 0 aromatic heterocycles. The average molecular weight is 707 g/mol. The standard InChI is InChI=1S/C35H41Cl2NO8S/c1-6-8-33(39)38(40)12-7-9-22-15-23(16-30(41-2)34(22)45-13-14-47-26-10-11-27(36)28(37)20-26)25-19-29(46-21-25)24-17-31(42-3)35(44-5)32(18-24)43-4/h7,10-12,15-18,20,25,29,40H,6,8-9,13-14,19,21H2,1-5H3/b12-7+. The fraction of sp³-hybridized carbons (Fsp3) is 0.400. The Morgan fingerprint density at radius 2 is 1.64 bits per heavy atom. The molecule has 0 bridgehead atoms. The molecule has 0 aliphatic carbocycles. The van der Waals surface area contributed by atoms with Gasteiger partial charge in [0.15, 0.2) is 23.0 Å². The maximum absolute atomic E-state index is 12.1. The van der Waals surface area contributed by atoms with Crippen LogP contribution in [0.2, 0.25) is 10.0 Å². The van der Waals surface area contributed by atoms with E-state index >= 15 is 0 Å². The quantitative estimate of drug-likeness (QED) is 0.0681. The summed E-state index contributed by atoms with van der Waals surface area (Å²) in [4.78, 5) is 13.1. The van der Waals surface area contributed by atoms with E-state index < -0.39 is 0 Å². The van der Waals surface area contributed by atoms with Crippen molar-refractivity contribution in [1.29, 1.82) is 0 Å². The minimum absolute atomic E-state index is 0.0652. The monoisotopic (exact) mass is 705 g/mol. The van der Waals surface area contributed by atoms with Gasteiger partial charge < -0.3 is 28.4 Å². The number of nitrogens with zero attached hydrogens (tertiary/aromatic N) is 1. The van der Waals surface area contributed by atoms with Crippen molar-refractivity contribution in [2.24, 2.45) is 0 Å². The van der Waals surface area contributed by atoms with Gasteiger partial charge in [-0.2, -0.15) is 5.06 Å². The largest absolute Gasteiger partial charge is 0.493 e. The van der Waals surface area contributed by atoms with Crippen LogP contribution in [0.1, 0.15) is 54.9 Å². The van der Waals surface area contributed by atoms with Gasteiger partial charge in [-0.05, 0) is 66.8 Å². The Morgan fingerprint density at radius 1 is 0.957 bits per heavy atom. The third-order valence-electron chi connectivity index (χ3n) is 7.69. The van der Waals surface area contributed by atoms with E-state index in [0.29, 0.717) is 82.1 Å². The lowest BCUT2D eigenvalue weighted by atomic mass is 9.91. The lowest BCUT2D eigenvalue weighted by Crippen LogP contribution is -2.20. The van der Waals surface area contributed by atoms with Crippen molar-refractivity contribution in [1.82, 2.24) is 5.06 Å². The van der Waals surface area contributed by atoms with Crippen LogP contribution in [0.5, 0.6) is 28.7 Å². The number of thioether (sulfide) groups is 1. The maximum atomic E-state index is 12.1. The van der Waals surface area contributed by atoms with Crippen molar-refractivity contribution in [2.75, 3.05) is 47.4 Å². The number of methoxy groups -OCH3 is 4.